The fourth-order valence-corrected chi connectivity index (χ4v) is 3.68. The van der Waals surface area contributed by atoms with Gasteiger partial charge in [-0.25, -0.2) is 4.79 Å². The molecule has 2 N–H and O–H groups in total. The van der Waals surface area contributed by atoms with E-state index in [-0.39, 0.29) is 18.4 Å². The van der Waals surface area contributed by atoms with Crippen LogP contribution in [0.25, 0.3) is 0 Å². The zero-order chi connectivity index (χ0) is 23.5. The molecule has 2 amide bonds. The van der Waals surface area contributed by atoms with Crippen molar-refractivity contribution in [3.63, 3.8) is 0 Å². The summed E-state index contributed by atoms with van der Waals surface area (Å²) in [6.45, 7) is 2.28. The molecule has 0 saturated heterocycles. The van der Waals surface area contributed by atoms with Gasteiger partial charge in [-0.1, -0.05) is 37.5 Å². The van der Waals surface area contributed by atoms with Gasteiger partial charge in [0, 0.05) is 17.8 Å². The lowest BCUT2D eigenvalue weighted by Gasteiger charge is -2.17. The Morgan fingerprint density at radius 1 is 1.03 bits per heavy atom. The van der Waals surface area contributed by atoms with Gasteiger partial charge in [0.1, 0.15) is 5.75 Å². The third kappa shape index (κ3) is 8.11. The van der Waals surface area contributed by atoms with Gasteiger partial charge in [0.15, 0.2) is 0 Å². The number of carbonyl (C=O) groups excluding carboxylic acids is 3. The molecule has 7 heteroatoms. The zero-order valence-corrected chi connectivity index (χ0v) is 18.8. The maximum absolute atomic E-state index is 12.5. The maximum atomic E-state index is 12.5. The summed E-state index contributed by atoms with van der Waals surface area (Å²) < 4.78 is 9.71. The number of anilines is 1. The van der Waals surface area contributed by atoms with Crippen LogP contribution in [0.4, 0.5) is 10.5 Å². The average Bonchev–Trinajstić information content (AvgIpc) is 2.83. The van der Waals surface area contributed by atoms with E-state index in [1.807, 2.05) is 24.3 Å². The molecule has 0 heterocycles. The Morgan fingerprint density at radius 3 is 2.52 bits per heavy atom. The second-order valence-electron chi connectivity index (χ2n) is 7.94. The molecule has 0 unspecified atom stereocenters. The smallest absolute Gasteiger partial charge is 0.434 e. The summed E-state index contributed by atoms with van der Waals surface area (Å²) in [7, 11) is 0. The van der Waals surface area contributed by atoms with E-state index in [2.05, 4.69) is 10.6 Å². The third-order valence-corrected chi connectivity index (χ3v) is 5.40. The molecule has 2 aromatic carbocycles. The highest BCUT2D eigenvalue weighted by Gasteiger charge is 2.11. The van der Waals surface area contributed by atoms with Gasteiger partial charge in [0.2, 0.25) is 5.91 Å². The highest BCUT2D eigenvalue weighted by atomic mass is 16.7. The second kappa shape index (κ2) is 12.4. The summed E-state index contributed by atoms with van der Waals surface area (Å²) in [4.78, 5) is 36.0. The Kier molecular flexibility index (Phi) is 9.06. The van der Waals surface area contributed by atoms with Crippen molar-refractivity contribution in [1.82, 2.24) is 5.32 Å². The fourth-order valence-electron chi connectivity index (χ4n) is 3.68. The number of hydrogen-bond donors (Lipinski definition) is 2. The van der Waals surface area contributed by atoms with Gasteiger partial charge in [0.05, 0.1) is 6.61 Å². The van der Waals surface area contributed by atoms with Gasteiger partial charge in [-0.15, -0.1) is 0 Å². The van der Waals surface area contributed by atoms with Crippen LogP contribution < -0.4 is 15.4 Å². The van der Waals surface area contributed by atoms with Crippen LogP contribution in [-0.2, 0) is 16.1 Å². The first-order chi connectivity index (χ1) is 16.0. The number of carbonyl (C=O) groups is 3. The van der Waals surface area contributed by atoms with Gasteiger partial charge in [-0.2, -0.15) is 0 Å². The van der Waals surface area contributed by atoms with Gasteiger partial charge in [0.25, 0.3) is 5.91 Å². The molecule has 0 spiro atoms. The molecule has 7 nitrogen and oxygen atoms in total. The third-order valence-electron chi connectivity index (χ3n) is 5.40. The van der Waals surface area contributed by atoms with Crippen LogP contribution in [0, 0.1) is 5.92 Å². The Bertz CT molecular complexity index is 978. The van der Waals surface area contributed by atoms with Crippen molar-refractivity contribution in [2.75, 3.05) is 11.9 Å². The maximum Gasteiger partial charge on any atom is 0.513 e. The SMILES string of the molecule is CCOC(=O)Oc1ccc(C(=O)Nc2cccc(CNC(=O)/C=C/C3CCCCC3)c2)cc1. The van der Waals surface area contributed by atoms with E-state index in [1.54, 1.807) is 31.2 Å². The van der Waals surface area contributed by atoms with Crippen molar-refractivity contribution in [1.29, 1.82) is 0 Å². The molecule has 174 valence electrons. The van der Waals surface area contributed by atoms with E-state index >= 15 is 0 Å². The number of ether oxygens (including phenoxy) is 2. The standard InChI is InChI=1S/C26H30N2O5/c1-2-32-26(31)33-23-14-12-21(13-15-23)25(30)28-22-10-6-9-20(17-22)18-27-24(29)16-11-19-7-4-3-5-8-19/h6,9-17,19H,2-5,7-8,18H2,1H3,(H,27,29)(H,28,30)/b16-11+. The second-order valence-corrected chi connectivity index (χ2v) is 7.94. The molecule has 1 fully saturated rings. The molecular weight excluding hydrogens is 420 g/mol. The molecule has 0 atom stereocenters. The summed E-state index contributed by atoms with van der Waals surface area (Å²) in [6, 6.07) is 13.5. The van der Waals surface area contributed by atoms with Crippen LogP contribution in [0.1, 0.15) is 54.9 Å². The van der Waals surface area contributed by atoms with Crippen LogP contribution in [0.15, 0.2) is 60.7 Å². The van der Waals surface area contributed by atoms with E-state index in [1.165, 1.54) is 31.4 Å². The topological polar surface area (TPSA) is 93.7 Å². The Morgan fingerprint density at radius 2 is 1.79 bits per heavy atom. The first-order valence-corrected chi connectivity index (χ1v) is 11.3. The van der Waals surface area contributed by atoms with Crippen molar-refractivity contribution in [3.05, 3.63) is 71.8 Å². The van der Waals surface area contributed by atoms with Crippen LogP contribution in [0.5, 0.6) is 5.75 Å². The van der Waals surface area contributed by atoms with Gasteiger partial charge in [-0.3, -0.25) is 9.59 Å². The lowest BCUT2D eigenvalue weighted by molar-refractivity contribution is -0.116. The Balaban J connectivity index is 1.49. The monoisotopic (exact) mass is 450 g/mol. The lowest BCUT2D eigenvalue weighted by atomic mass is 9.89. The number of allylic oxidation sites excluding steroid dienone is 1. The van der Waals surface area contributed by atoms with E-state index in [0.717, 1.165) is 18.4 Å². The Hall–Kier alpha value is -3.61. The van der Waals surface area contributed by atoms with Crippen molar-refractivity contribution in [3.8, 4) is 5.75 Å². The van der Waals surface area contributed by atoms with Gasteiger partial charge >= 0.3 is 6.16 Å². The minimum Gasteiger partial charge on any atom is -0.434 e. The molecule has 0 bridgehead atoms. The van der Waals surface area contributed by atoms with E-state index in [9.17, 15) is 14.4 Å². The van der Waals surface area contributed by atoms with Crippen LogP contribution in [0.2, 0.25) is 0 Å². The average molecular weight is 451 g/mol. The van der Waals surface area contributed by atoms with Crippen molar-refractivity contribution in [2.24, 2.45) is 5.92 Å². The molecule has 33 heavy (non-hydrogen) atoms. The van der Waals surface area contributed by atoms with Crippen LogP contribution >= 0.6 is 0 Å². The zero-order valence-electron chi connectivity index (χ0n) is 18.8. The molecule has 0 aromatic heterocycles. The van der Waals surface area contributed by atoms with Crippen LogP contribution in [0.3, 0.4) is 0 Å². The molecular formula is C26H30N2O5. The molecule has 1 aliphatic rings. The number of rotatable bonds is 8. The summed E-state index contributed by atoms with van der Waals surface area (Å²) in [5.41, 5.74) is 1.92. The van der Waals surface area contributed by atoms with Crippen molar-refractivity contribution >= 4 is 23.7 Å². The normalized spacial score (nSPS) is 14.0. The molecule has 1 saturated carbocycles. The predicted octanol–water partition coefficient (Wildman–Crippen LogP) is 5.23. The van der Waals surface area contributed by atoms with Gasteiger partial charge < -0.3 is 20.1 Å². The highest BCUT2D eigenvalue weighted by Crippen LogP contribution is 2.24. The molecule has 0 radical (unpaired) electrons. The fraction of sp³-hybridized carbons (Fsp3) is 0.346. The molecule has 3 rings (SSSR count). The summed E-state index contributed by atoms with van der Waals surface area (Å²) >= 11 is 0. The summed E-state index contributed by atoms with van der Waals surface area (Å²) in [5, 5.41) is 5.73. The minimum atomic E-state index is -0.789. The molecule has 2 aromatic rings. The lowest BCUT2D eigenvalue weighted by Crippen LogP contribution is -2.21. The van der Waals surface area contributed by atoms with Crippen molar-refractivity contribution in [2.45, 2.75) is 45.6 Å². The quantitative estimate of drug-likeness (QED) is 0.326. The van der Waals surface area contributed by atoms with E-state index in [0.29, 0.717) is 29.5 Å². The predicted molar refractivity (Wildman–Crippen MR) is 126 cm³/mol. The first kappa shape index (κ1) is 24.0. The van der Waals surface area contributed by atoms with E-state index < -0.39 is 6.16 Å². The molecule has 0 aliphatic heterocycles. The number of amides is 2. The van der Waals surface area contributed by atoms with Crippen LogP contribution in [-0.4, -0.2) is 24.6 Å². The number of benzene rings is 2. The van der Waals surface area contributed by atoms with E-state index in [4.69, 9.17) is 9.47 Å². The minimum absolute atomic E-state index is 0.111. The largest absolute Gasteiger partial charge is 0.513 e. The Labute approximate surface area is 194 Å². The first-order valence-electron chi connectivity index (χ1n) is 11.3. The summed E-state index contributed by atoms with van der Waals surface area (Å²) in [5.74, 6) is 0.392. The highest BCUT2D eigenvalue weighted by molar-refractivity contribution is 6.04. The van der Waals surface area contributed by atoms with Crippen molar-refractivity contribution < 1.29 is 23.9 Å². The number of hydrogen-bond acceptors (Lipinski definition) is 5. The van der Waals surface area contributed by atoms with Gasteiger partial charge in [-0.05, 0) is 73.7 Å². The number of nitrogens with one attached hydrogen (secondary N) is 2. The summed E-state index contributed by atoms with van der Waals surface area (Å²) in [6.07, 6.45) is 8.95. The molecule has 1 aliphatic carbocycles.